The van der Waals surface area contributed by atoms with Crippen LogP contribution in [0.3, 0.4) is 0 Å². The Labute approximate surface area is 150 Å². The van der Waals surface area contributed by atoms with Gasteiger partial charge in [0, 0.05) is 30.9 Å². The van der Waals surface area contributed by atoms with Crippen LogP contribution in [0.1, 0.15) is 94.4 Å². The van der Waals surface area contributed by atoms with E-state index in [1.54, 1.807) is 0 Å². The topological polar surface area (TPSA) is 66.4 Å². The highest BCUT2D eigenvalue weighted by Crippen LogP contribution is 2.09. The van der Waals surface area contributed by atoms with Crippen LogP contribution in [0.15, 0.2) is 0 Å². The SMILES string of the molecule is CC.CC(C)C(=O)CCC(=O)NC(C)(C)CCO.CCCC(C)C. The Morgan fingerprint density at radius 3 is 1.83 bits per heavy atom. The Morgan fingerprint density at radius 1 is 1.04 bits per heavy atom. The van der Waals surface area contributed by atoms with Crippen LogP contribution >= 0.6 is 0 Å². The molecule has 0 rings (SSSR count). The van der Waals surface area contributed by atoms with Crippen molar-refractivity contribution < 1.29 is 14.7 Å². The highest BCUT2D eigenvalue weighted by Gasteiger charge is 2.20. The van der Waals surface area contributed by atoms with E-state index < -0.39 is 5.54 Å². The molecule has 2 N–H and O–H groups in total. The zero-order chi connectivity index (χ0) is 19.8. The second-order valence-corrected chi connectivity index (χ2v) is 7.21. The highest BCUT2D eigenvalue weighted by molar-refractivity contribution is 5.86. The zero-order valence-corrected chi connectivity index (χ0v) is 17.7. The van der Waals surface area contributed by atoms with Crippen molar-refractivity contribution >= 4 is 11.7 Å². The van der Waals surface area contributed by atoms with Gasteiger partial charge in [-0.25, -0.2) is 0 Å². The predicted molar refractivity (Wildman–Crippen MR) is 104 cm³/mol. The molecule has 4 nitrogen and oxygen atoms in total. The number of hydrogen-bond acceptors (Lipinski definition) is 3. The zero-order valence-electron chi connectivity index (χ0n) is 17.7. The van der Waals surface area contributed by atoms with E-state index in [-0.39, 0.29) is 30.6 Å². The first kappa shape index (κ1) is 27.9. The van der Waals surface area contributed by atoms with E-state index in [0.29, 0.717) is 12.8 Å². The molecule has 0 bridgehead atoms. The van der Waals surface area contributed by atoms with Gasteiger partial charge < -0.3 is 10.4 Å². The molecule has 0 aliphatic carbocycles. The third kappa shape index (κ3) is 21.1. The Bertz CT molecular complexity index is 310. The van der Waals surface area contributed by atoms with Crippen molar-refractivity contribution in [2.45, 2.75) is 100.0 Å². The van der Waals surface area contributed by atoms with E-state index in [2.05, 4.69) is 26.1 Å². The molecule has 0 aromatic carbocycles. The minimum Gasteiger partial charge on any atom is -0.396 e. The minimum absolute atomic E-state index is 0.0155. The van der Waals surface area contributed by atoms with Crippen LogP contribution in [0.5, 0.6) is 0 Å². The maximum absolute atomic E-state index is 11.5. The Morgan fingerprint density at radius 2 is 1.54 bits per heavy atom. The van der Waals surface area contributed by atoms with E-state index in [9.17, 15) is 9.59 Å². The number of carbonyl (C=O) groups is 2. The molecular weight excluding hydrogens is 302 g/mol. The lowest BCUT2D eigenvalue weighted by atomic mass is 10.00. The quantitative estimate of drug-likeness (QED) is 0.634. The first-order valence-electron chi connectivity index (χ1n) is 9.50. The molecule has 24 heavy (non-hydrogen) atoms. The van der Waals surface area contributed by atoms with E-state index in [4.69, 9.17) is 5.11 Å². The minimum atomic E-state index is -0.410. The summed E-state index contributed by atoms with van der Waals surface area (Å²) < 4.78 is 0. The normalized spacial score (nSPS) is 10.5. The van der Waals surface area contributed by atoms with Crippen LogP contribution in [0, 0.1) is 11.8 Å². The summed E-state index contributed by atoms with van der Waals surface area (Å²) in [4.78, 5) is 22.8. The molecule has 0 saturated heterocycles. The lowest BCUT2D eigenvalue weighted by molar-refractivity contribution is -0.127. The van der Waals surface area contributed by atoms with Crippen molar-refractivity contribution in [2.75, 3.05) is 6.61 Å². The van der Waals surface area contributed by atoms with E-state index >= 15 is 0 Å². The number of ketones is 1. The van der Waals surface area contributed by atoms with Crippen molar-refractivity contribution in [3.8, 4) is 0 Å². The second kappa shape index (κ2) is 16.9. The summed E-state index contributed by atoms with van der Waals surface area (Å²) in [6.07, 6.45) is 3.74. The molecule has 0 heterocycles. The van der Waals surface area contributed by atoms with Gasteiger partial charge in [0.25, 0.3) is 0 Å². The van der Waals surface area contributed by atoms with Crippen LogP contribution in [-0.4, -0.2) is 28.9 Å². The predicted octanol–water partition coefficient (Wildman–Crippen LogP) is 4.74. The number of carbonyl (C=O) groups excluding carboxylic acids is 2. The number of aliphatic hydroxyl groups is 1. The number of nitrogens with one attached hydrogen (secondary N) is 1. The first-order valence-corrected chi connectivity index (χ1v) is 9.50. The van der Waals surface area contributed by atoms with Gasteiger partial charge in [-0.1, -0.05) is 61.3 Å². The van der Waals surface area contributed by atoms with Gasteiger partial charge in [0.2, 0.25) is 5.91 Å². The number of amides is 1. The molecule has 0 saturated carbocycles. The summed E-state index contributed by atoms with van der Waals surface area (Å²) >= 11 is 0. The van der Waals surface area contributed by atoms with Crippen molar-refractivity contribution in [1.82, 2.24) is 5.32 Å². The molecule has 0 aromatic heterocycles. The summed E-state index contributed by atoms with van der Waals surface area (Å²) in [6, 6.07) is 0. The van der Waals surface area contributed by atoms with Gasteiger partial charge in [0.1, 0.15) is 5.78 Å². The first-order chi connectivity index (χ1) is 11.1. The average Bonchev–Trinajstić information content (AvgIpc) is 2.46. The number of Topliss-reactive ketones (excluding diaryl/α,β-unsaturated/α-hetero) is 1. The molecule has 0 atom stereocenters. The Balaban J connectivity index is -0.000000462. The standard InChI is InChI=1S/C12H23NO3.C6H14.C2H6/c1-9(2)10(15)5-6-11(16)13-12(3,4)7-8-14;1-4-5-6(2)3;1-2/h9,14H,5-8H2,1-4H3,(H,13,16);6H,4-5H2,1-3H3;1-2H3. The van der Waals surface area contributed by atoms with Crippen LogP contribution in [-0.2, 0) is 9.59 Å². The van der Waals surface area contributed by atoms with E-state index in [1.165, 1.54) is 12.8 Å². The third-order valence-corrected chi connectivity index (χ3v) is 3.32. The van der Waals surface area contributed by atoms with Crippen LogP contribution < -0.4 is 5.32 Å². The summed E-state index contributed by atoms with van der Waals surface area (Å²) in [7, 11) is 0. The lowest BCUT2D eigenvalue weighted by Crippen LogP contribution is -2.44. The number of hydrogen-bond donors (Lipinski definition) is 2. The molecule has 0 unspecified atom stereocenters. The van der Waals surface area contributed by atoms with Gasteiger partial charge >= 0.3 is 0 Å². The third-order valence-electron chi connectivity index (χ3n) is 3.32. The van der Waals surface area contributed by atoms with Crippen LogP contribution in [0.4, 0.5) is 0 Å². The van der Waals surface area contributed by atoms with Gasteiger partial charge in [-0.05, 0) is 26.2 Å². The fraction of sp³-hybridized carbons (Fsp3) is 0.900. The fourth-order valence-corrected chi connectivity index (χ4v) is 1.88. The van der Waals surface area contributed by atoms with E-state index in [1.807, 2.05) is 41.5 Å². The van der Waals surface area contributed by atoms with Gasteiger partial charge in [0.05, 0.1) is 0 Å². The summed E-state index contributed by atoms with van der Waals surface area (Å²) in [5.41, 5.74) is -0.410. The molecule has 1 amide bonds. The van der Waals surface area contributed by atoms with E-state index in [0.717, 1.165) is 5.92 Å². The number of aliphatic hydroxyl groups excluding tert-OH is 1. The van der Waals surface area contributed by atoms with Gasteiger partial charge in [-0.2, -0.15) is 0 Å². The van der Waals surface area contributed by atoms with Gasteiger partial charge in [0.15, 0.2) is 0 Å². The summed E-state index contributed by atoms with van der Waals surface area (Å²) in [5.74, 6) is 0.857. The average molecular weight is 346 g/mol. The largest absolute Gasteiger partial charge is 0.396 e. The highest BCUT2D eigenvalue weighted by atomic mass is 16.3. The fourth-order valence-electron chi connectivity index (χ4n) is 1.88. The molecule has 0 fully saturated rings. The molecule has 146 valence electrons. The smallest absolute Gasteiger partial charge is 0.220 e. The Hall–Kier alpha value is -0.900. The number of rotatable bonds is 9. The summed E-state index contributed by atoms with van der Waals surface area (Å²) in [5, 5.41) is 11.6. The molecule has 0 aliphatic rings. The molecule has 0 aromatic rings. The van der Waals surface area contributed by atoms with Gasteiger partial charge in [-0.15, -0.1) is 0 Å². The van der Waals surface area contributed by atoms with Crippen molar-refractivity contribution in [2.24, 2.45) is 11.8 Å². The van der Waals surface area contributed by atoms with Crippen molar-refractivity contribution in [3.05, 3.63) is 0 Å². The second-order valence-electron chi connectivity index (χ2n) is 7.21. The monoisotopic (exact) mass is 345 g/mol. The van der Waals surface area contributed by atoms with Crippen LogP contribution in [0.25, 0.3) is 0 Å². The van der Waals surface area contributed by atoms with Crippen molar-refractivity contribution in [1.29, 1.82) is 0 Å². The Kier molecular flexibility index (Phi) is 19.7. The molecule has 0 aliphatic heterocycles. The van der Waals surface area contributed by atoms with Crippen molar-refractivity contribution in [3.63, 3.8) is 0 Å². The molecule has 4 heteroatoms. The van der Waals surface area contributed by atoms with Crippen LogP contribution in [0.2, 0.25) is 0 Å². The molecular formula is C20H43NO3. The molecule has 0 spiro atoms. The maximum atomic E-state index is 11.5. The maximum Gasteiger partial charge on any atom is 0.220 e. The molecule has 0 radical (unpaired) electrons. The lowest BCUT2D eigenvalue weighted by Gasteiger charge is -2.25. The summed E-state index contributed by atoms with van der Waals surface area (Å²) in [6.45, 7) is 18.1. The van der Waals surface area contributed by atoms with Gasteiger partial charge in [-0.3, -0.25) is 9.59 Å².